The average molecular weight is 309 g/mol. The molecule has 0 aliphatic carbocycles. The van der Waals surface area contributed by atoms with Crippen molar-refractivity contribution >= 4 is 17.7 Å². The van der Waals surface area contributed by atoms with E-state index < -0.39 is 0 Å². The van der Waals surface area contributed by atoms with Gasteiger partial charge in [0.05, 0.1) is 24.6 Å². The molecule has 116 valence electrons. The molecule has 4 nitrogen and oxygen atoms in total. The van der Waals surface area contributed by atoms with Crippen LogP contribution in [0.15, 0.2) is 29.2 Å². The van der Waals surface area contributed by atoms with Crippen LogP contribution >= 0.6 is 11.8 Å². The maximum Gasteiger partial charge on any atom is 0.235 e. The third-order valence-corrected chi connectivity index (χ3v) is 4.55. The fourth-order valence-electron chi connectivity index (χ4n) is 2.52. The molecule has 21 heavy (non-hydrogen) atoms. The Hall–Kier alpha value is -1.20. The minimum atomic E-state index is -0.101. The summed E-state index contributed by atoms with van der Waals surface area (Å²) >= 11 is 1.58. The molecule has 0 saturated carbocycles. The molecule has 1 aliphatic heterocycles. The average Bonchev–Trinajstić information content (AvgIpc) is 2.46. The number of benzene rings is 1. The number of hydrogen-bond donors (Lipinski definition) is 0. The molecule has 0 bridgehead atoms. The van der Waals surface area contributed by atoms with Crippen LogP contribution in [0, 0.1) is 0 Å². The quantitative estimate of drug-likeness (QED) is 0.802. The van der Waals surface area contributed by atoms with E-state index in [-0.39, 0.29) is 23.4 Å². The first-order valence-corrected chi connectivity index (χ1v) is 8.12. The molecule has 5 heteroatoms. The minimum Gasteiger partial charge on any atom is -0.497 e. The molecule has 2 rings (SSSR count). The molecule has 0 N–H and O–H groups in total. The lowest BCUT2D eigenvalue weighted by molar-refractivity contribution is -0.142. The number of hydrogen-bond acceptors (Lipinski definition) is 4. The van der Waals surface area contributed by atoms with E-state index in [0.29, 0.717) is 13.1 Å². The number of ether oxygens (including phenoxy) is 2. The van der Waals surface area contributed by atoms with Gasteiger partial charge < -0.3 is 14.4 Å². The summed E-state index contributed by atoms with van der Waals surface area (Å²) in [7, 11) is 1.65. The maximum absolute atomic E-state index is 12.5. The Morgan fingerprint density at radius 1 is 1.29 bits per heavy atom. The Balaban J connectivity index is 1.95. The Kier molecular flexibility index (Phi) is 5.53. The first-order valence-electron chi connectivity index (χ1n) is 7.24. The zero-order valence-electron chi connectivity index (χ0n) is 13.0. The lowest BCUT2D eigenvalue weighted by atomic mass is 10.2. The monoisotopic (exact) mass is 309 g/mol. The van der Waals surface area contributed by atoms with Gasteiger partial charge >= 0.3 is 0 Å². The summed E-state index contributed by atoms with van der Waals surface area (Å²) in [6.45, 7) is 7.34. The first-order chi connectivity index (χ1) is 9.99. The number of rotatable bonds is 4. The van der Waals surface area contributed by atoms with Crippen LogP contribution in [0.1, 0.15) is 20.8 Å². The SMILES string of the molecule is COc1ccc(SC(C)C(=O)N2CC(C)OC(C)C2)cc1. The van der Waals surface area contributed by atoms with E-state index in [0.717, 1.165) is 10.6 Å². The van der Waals surface area contributed by atoms with Crippen molar-refractivity contribution in [2.75, 3.05) is 20.2 Å². The van der Waals surface area contributed by atoms with E-state index in [4.69, 9.17) is 9.47 Å². The number of nitrogens with zero attached hydrogens (tertiary/aromatic N) is 1. The number of methoxy groups -OCH3 is 1. The highest BCUT2D eigenvalue weighted by atomic mass is 32.2. The van der Waals surface area contributed by atoms with Gasteiger partial charge in [-0.3, -0.25) is 4.79 Å². The topological polar surface area (TPSA) is 38.8 Å². The van der Waals surface area contributed by atoms with Crippen LogP contribution in [0.3, 0.4) is 0 Å². The number of carbonyl (C=O) groups is 1. The highest BCUT2D eigenvalue weighted by Gasteiger charge is 2.29. The van der Waals surface area contributed by atoms with Gasteiger partial charge in [0.25, 0.3) is 0 Å². The molecule has 3 atom stereocenters. The highest BCUT2D eigenvalue weighted by Crippen LogP contribution is 2.27. The van der Waals surface area contributed by atoms with Crippen LogP contribution in [-0.2, 0) is 9.53 Å². The van der Waals surface area contributed by atoms with Gasteiger partial charge in [-0.05, 0) is 45.0 Å². The molecule has 3 unspecified atom stereocenters. The van der Waals surface area contributed by atoms with Gasteiger partial charge in [-0.25, -0.2) is 0 Å². The van der Waals surface area contributed by atoms with Crippen LogP contribution < -0.4 is 4.74 Å². The first kappa shape index (κ1) is 16.2. The Morgan fingerprint density at radius 3 is 2.38 bits per heavy atom. The molecule has 1 amide bonds. The molecule has 1 aliphatic rings. The van der Waals surface area contributed by atoms with E-state index in [1.54, 1.807) is 18.9 Å². The fraction of sp³-hybridized carbons (Fsp3) is 0.562. The second-order valence-corrected chi connectivity index (χ2v) is 6.85. The summed E-state index contributed by atoms with van der Waals surface area (Å²) in [5.74, 6) is 1.01. The van der Waals surface area contributed by atoms with Crippen LogP contribution in [0.25, 0.3) is 0 Å². The molecule has 1 saturated heterocycles. The largest absolute Gasteiger partial charge is 0.497 e. The Morgan fingerprint density at radius 2 is 1.86 bits per heavy atom. The zero-order chi connectivity index (χ0) is 15.4. The number of morpholine rings is 1. The van der Waals surface area contributed by atoms with E-state index in [1.165, 1.54) is 0 Å². The Bertz CT molecular complexity index is 467. The molecule has 0 aromatic heterocycles. The molecular formula is C16H23NO3S. The van der Waals surface area contributed by atoms with Gasteiger partial charge in [-0.15, -0.1) is 11.8 Å². The van der Waals surface area contributed by atoms with Gasteiger partial charge in [0.15, 0.2) is 0 Å². The van der Waals surface area contributed by atoms with Crippen LogP contribution in [-0.4, -0.2) is 48.5 Å². The summed E-state index contributed by atoms with van der Waals surface area (Å²) in [5, 5.41) is -0.101. The van der Waals surface area contributed by atoms with Crippen molar-refractivity contribution in [3.05, 3.63) is 24.3 Å². The van der Waals surface area contributed by atoms with E-state index in [9.17, 15) is 4.79 Å². The molecule has 1 fully saturated rings. The van der Waals surface area contributed by atoms with E-state index in [2.05, 4.69) is 0 Å². The Labute approximate surface area is 130 Å². The second-order valence-electron chi connectivity index (χ2n) is 5.44. The standard InChI is InChI=1S/C16H23NO3S/c1-11-9-17(10-12(2)20-11)16(18)13(3)21-15-7-5-14(19-4)6-8-15/h5-8,11-13H,9-10H2,1-4H3. The van der Waals surface area contributed by atoms with Crippen molar-refractivity contribution in [3.8, 4) is 5.75 Å². The summed E-state index contributed by atoms with van der Waals surface area (Å²) in [4.78, 5) is 15.5. The van der Waals surface area contributed by atoms with Crippen molar-refractivity contribution in [2.24, 2.45) is 0 Å². The van der Waals surface area contributed by atoms with E-state index in [1.807, 2.05) is 49.9 Å². The minimum absolute atomic E-state index is 0.101. The van der Waals surface area contributed by atoms with Crippen molar-refractivity contribution in [2.45, 2.75) is 43.1 Å². The number of amides is 1. The smallest absolute Gasteiger partial charge is 0.235 e. The highest BCUT2D eigenvalue weighted by molar-refractivity contribution is 8.00. The van der Waals surface area contributed by atoms with E-state index >= 15 is 0 Å². The molecule has 1 heterocycles. The van der Waals surface area contributed by atoms with Gasteiger partial charge in [-0.2, -0.15) is 0 Å². The third kappa shape index (κ3) is 4.38. The predicted octanol–water partition coefficient (Wildman–Crippen LogP) is 2.81. The molecule has 0 radical (unpaired) electrons. The van der Waals surface area contributed by atoms with Gasteiger partial charge in [0.1, 0.15) is 5.75 Å². The zero-order valence-corrected chi connectivity index (χ0v) is 13.9. The number of carbonyl (C=O) groups excluding carboxylic acids is 1. The second kappa shape index (κ2) is 7.18. The summed E-state index contributed by atoms with van der Waals surface area (Å²) in [6, 6.07) is 7.80. The fourth-order valence-corrected chi connectivity index (χ4v) is 3.48. The molecule has 0 spiro atoms. The maximum atomic E-state index is 12.5. The summed E-state index contributed by atoms with van der Waals surface area (Å²) < 4.78 is 10.8. The number of thioether (sulfide) groups is 1. The van der Waals surface area contributed by atoms with Crippen molar-refractivity contribution < 1.29 is 14.3 Å². The normalized spacial score (nSPS) is 23.7. The predicted molar refractivity (Wildman–Crippen MR) is 84.9 cm³/mol. The molecular weight excluding hydrogens is 286 g/mol. The van der Waals surface area contributed by atoms with Crippen molar-refractivity contribution in [3.63, 3.8) is 0 Å². The van der Waals surface area contributed by atoms with Crippen LogP contribution in [0.4, 0.5) is 0 Å². The van der Waals surface area contributed by atoms with Crippen molar-refractivity contribution in [1.29, 1.82) is 0 Å². The van der Waals surface area contributed by atoms with Gasteiger partial charge in [0, 0.05) is 18.0 Å². The lowest BCUT2D eigenvalue weighted by Crippen LogP contribution is -2.50. The van der Waals surface area contributed by atoms with Gasteiger partial charge in [0.2, 0.25) is 5.91 Å². The van der Waals surface area contributed by atoms with Crippen LogP contribution in [0.2, 0.25) is 0 Å². The summed E-state index contributed by atoms with van der Waals surface area (Å²) in [6.07, 6.45) is 0.215. The third-order valence-electron chi connectivity index (χ3n) is 3.45. The molecule has 1 aromatic rings. The van der Waals surface area contributed by atoms with Gasteiger partial charge in [-0.1, -0.05) is 0 Å². The summed E-state index contributed by atoms with van der Waals surface area (Å²) in [5.41, 5.74) is 0. The van der Waals surface area contributed by atoms with Crippen molar-refractivity contribution in [1.82, 2.24) is 4.90 Å². The van der Waals surface area contributed by atoms with Crippen LogP contribution in [0.5, 0.6) is 5.75 Å². The molecule has 1 aromatic carbocycles. The lowest BCUT2D eigenvalue weighted by Gasteiger charge is -2.36.